The molecule has 144 valence electrons. The number of nitrogens with one attached hydrogen (secondary N) is 1. The molecule has 4 rings (SSSR count). The van der Waals surface area contributed by atoms with Gasteiger partial charge in [0.2, 0.25) is 0 Å². The van der Waals surface area contributed by atoms with E-state index in [9.17, 15) is 4.79 Å². The molecular formula is C24H20N2O3. The molecule has 29 heavy (non-hydrogen) atoms. The summed E-state index contributed by atoms with van der Waals surface area (Å²) in [6, 6.07) is 25.5. The fourth-order valence-corrected chi connectivity index (χ4v) is 3.21. The van der Waals surface area contributed by atoms with Gasteiger partial charge in [-0.05, 0) is 51.9 Å². The lowest BCUT2D eigenvalue weighted by molar-refractivity contribution is -0.123. The van der Waals surface area contributed by atoms with E-state index in [1.807, 2.05) is 24.3 Å². The number of benzene rings is 4. The SMILES string of the molecule is COc1ccc(OCC(=O)N/N=C\c2c3ccccc3cc3ccccc23)cc1. The second-order valence-electron chi connectivity index (χ2n) is 6.49. The Kier molecular flexibility index (Phi) is 5.38. The first kappa shape index (κ1) is 18.5. The number of nitrogens with zero attached hydrogens (tertiary/aromatic N) is 1. The predicted molar refractivity (Wildman–Crippen MR) is 116 cm³/mol. The Morgan fingerprint density at radius 3 is 2.10 bits per heavy atom. The van der Waals surface area contributed by atoms with Crippen LogP contribution in [-0.4, -0.2) is 25.8 Å². The molecule has 4 aromatic carbocycles. The van der Waals surface area contributed by atoms with Gasteiger partial charge in [0.05, 0.1) is 13.3 Å². The second-order valence-corrected chi connectivity index (χ2v) is 6.49. The lowest BCUT2D eigenvalue weighted by Gasteiger charge is -2.08. The van der Waals surface area contributed by atoms with Crippen molar-refractivity contribution in [2.45, 2.75) is 0 Å². The summed E-state index contributed by atoms with van der Waals surface area (Å²) in [6.45, 7) is -0.125. The Bertz CT molecular complexity index is 1130. The molecule has 0 fully saturated rings. The maximum atomic E-state index is 12.1. The maximum absolute atomic E-state index is 12.1. The zero-order valence-electron chi connectivity index (χ0n) is 16.0. The van der Waals surface area contributed by atoms with E-state index >= 15 is 0 Å². The molecule has 0 aromatic heterocycles. The molecule has 0 unspecified atom stereocenters. The summed E-state index contributed by atoms with van der Waals surface area (Å²) in [4.78, 5) is 12.1. The third-order valence-electron chi connectivity index (χ3n) is 4.63. The minimum Gasteiger partial charge on any atom is -0.497 e. The van der Waals surface area contributed by atoms with Gasteiger partial charge in [-0.1, -0.05) is 48.5 Å². The quantitative estimate of drug-likeness (QED) is 0.302. The zero-order valence-corrected chi connectivity index (χ0v) is 16.0. The summed E-state index contributed by atoms with van der Waals surface area (Å²) in [6.07, 6.45) is 1.69. The molecule has 0 atom stereocenters. The Hall–Kier alpha value is -3.86. The number of hydrazone groups is 1. The molecule has 5 nitrogen and oxygen atoms in total. The van der Waals surface area contributed by atoms with Crippen molar-refractivity contribution < 1.29 is 14.3 Å². The third kappa shape index (κ3) is 4.19. The highest BCUT2D eigenvalue weighted by Gasteiger charge is 2.06. The lowest BCUT2D eigenvalue weighted by Crippen LogP contribution is -2.24. The van der Waals surface area contributed by atoms with E-state index in [0.29, 0.717) is 5.75 Å². The van der Waals surface area contributed by atoms with Crippen molar-refractivity contribution in [2.24, 2.45) is 5.10 Å². The van der Waals surface area contributed by atoms with Gasteiger partial charge in [0.1, 0.15) is 11.5 Å². The van der Waals surface area contributed by atoms with Crippen molar-refractivity contribution in [3.63, 3.8) is 0 Å². The van der Waals surface area contributed by atoms with Crippen LogP contribution in [-0.2, 0) is 4.79 Å². The highest BCUT2D eigenvalue weighted by atomic mass is 16.5. The number of rotatable bonds is 6. The first-order valence-electron chi connectivity index (χ1n) is 9.24. The number of hydrogen-bond acceptors (Lipinski definition) is 4. The molecule has 0 aliphatic carbocycles. The fraction of sp³-hybridized carbons (Fsp3) is 0.0833. The number of carbonyl (C=O) groups excluding carboxylic acids is 1. The first-order valence-corrected chi connectivity index (χ1v) is 9.24. The molecule has 0 bridgehead atoms. The summed E-state index contributed by atoms with van der Waals surface area (Å²) in [7, 11) is 1.60. The second kappa shape index (κ2) is 8.44. The van der Waals surface area contributed by atoms with E-state index in [2.05, 4.69) is 40.9 Å². The molecule has 0 spiro atoms. The molecule has 1 N–H and O–H groups in total. The van der Waals surface area contributed by atoms with Crippen LogP contribution in [0.3, 0.4) is 0 Å². The van der Waals surface area contributed by atoms with Gasteiger partial charge in [0, 0.05) is 5.56 Å². The molecule has 1 amide bonds. The summed E-state index contributed by atoms with van der Waals surface area (Å²) >= 11 is 0. The minimum atomic E-state index is -0.332. The van der Waals surface area contributed by atoms with Crippen molar-refractivity contribution in [1.82, 2.24) is 5.43 Å². The average molecular weight is 384 g/mol. The van der Waals surface area contributed by atoms with Crippen LogP contribution in [0.4, 0.5) is 0 Å². The number of fused-ring (bicyclic) bond motifs is 2. The third-order valence-corrected chi connectivity index (χ3v) is 4.63. The topological polar surface area (TPSA) is 59.9 Å². The monoisotopic (exact) mass is 384 g/mol. The van der Waals surface area contributed by atoms with Crippen LogP contribution >= 0.6 is 0 Å². The summed E-state index contributed by atoms with van der Waals surface area (Å²) in [5, 5.41) is 8.57. The molecule has 0 heterocycles. The smallest absolute Gasteiger partial charge is 0.277 e. The highest BCUT2D eigenvalue weighted by Crippen LogP contribution is 2.27. The Labute approximate surface area is 168 Å². The number of hydrogen-bond donors (Lipinski definition) is 1. The van der Waals surface area contributed by atoms with E-state index in [4.69, 9.17) is 9.47 Å². The van der Waals surface area contributed by atoms with Gasteiger partial charge in [-0.2, -0.15) is 5.10 Å². The first-order chi connectivity index (χ1) is 14.2. The normalized spacial score (nSPS) is 11.1. The Morgan fingerprint density at radius 1 is 0.897 bits per heavy atom. The molecule has 5 heteroatoms. The highest BCUT2D eigenvalue weighted by molar-refractivity contribution is 6.13. The largest absolute Gasteiger partial charge is 0.497 e. The van der Waals surface area contributed by atoms with Crippen LogP contribution in [0, 0.1) is 0 Å². The predicted octanol–water partition coefficient (Wildman–Crippen LogP) is 4.53. The van der Waals surface area contributed by atoms with Gasteiger partial charge in [0.15, 0.2) is 6.61 Å². The maximum Gasteiger partial charge on any atom is 0.277 e. The van der Waals surface area contributed by atoms with Crippen LogP contribution in [0.2, 0.25) is 0 Å². The molecule has 4 aromatic rings. The van der Waals surface area contributed by atoms with Crippen LogP contribution < -0.4 is 14.9 Å². The Morgan fingerprint density at radius 2 is 1.48 bits per heavy atom. The number of ether oxygens (including phenoxy) is 2. The number of carbonyl (C=O) groups is 1. The van der Waals surface area contributed by atoms with Gasteiger partial charge >= 0.3 is 0 Å². The summed E-state index contributed by atoms with van der Waals surface area (Å²) in [5.41, 5.74) is 3.50. The lowest BCUT2D eigenvalue weighted by atomic mass is 9.97. The molecule has 0 saturated carbocycles. The zero-order chi connectivity index (χ0) is 20.1. The number of methoxy groups -OCH3 is 1. The van der Waals surface area contributed by atoms with Crippen LogP contribution in [0.1, 0.15) is 5.56 Å². The minimum absolute atomic E-state index is 0.125. The van der Waals surface area contributed by atoms with Crippen molar-refractivity contribution in [1.29, 1.82) is 0 Å². The van der Waals surface area contributed by atoms with Gasteiger partial charge in [0.25, 0.3) is 5.91 Å². The van der Waals surface area contributed by atoms with E-state index in [1.54, 1.807) is 37.6 Å². The Balaban J connectivity index is 1.48. The van der Waals surface area contributed by atoms with Crippen LogP contribution in [0.15, 0.2) is 84.0 Å². The summed E-state index contributed by atoms with van der Waals surface area (Å²) in [5.74, 6) is 0.986. The summed E-state index contributed by atoms with van der Waals surface area (Å²) < 4.78 is 10.6. The van der Waals surface area contributed by atoms with E-state index in [-0.39, 0.29) is 12.5 Å². The van der Waals surface area contributed by atoms with Gasteiger partial charge in [-0.3, -0.25) is 4.79 Å². The van der Waals surface area contributed by atoms with Gasteiger partial charge < -0.3 is 9.47 Å². The standard InChI is InChI=1S/C24H20N2O3/c1-28-19-10-12-20(13-11-19)29-16-24(27)26-25-15-23-21-8-4-2-6-17(21)14-18-7-3-5-9-22(18)23/h2-15H,16H2,1H3,(H,26,27)/b25-15-. The van der Waals surface area contributed by atoms with Crippen molar-refractivity contribution in [3.8, 4) is 11.5 Å². The van der Waals surface area contributed by atoms with Gasteiger partial charge in [-0.15, -0.1) is 0 Å². The van der Waals surface area contributed by atoms with Crippen molar-refractivity contribution >= 4 is 33.7 Å². The van der Waals surface area contributed by atoms with Crippen LogP contribution in [0.5, 0.6) is 11.5 Å². The number of amides is 1. The van der Waals surface area contributed by atoms with Crippen molar-refractivity contribution in [2.75, 3.05) is 13.7 Å². The molecule has 0 radical (unpaired) electrons. The molecule has 0 saturated heterocycles. The molecule has 0 aliphatic rings. The van der Waals surface area contributed by atoms with Gasteiger partial charge in [-0.25, -0.2) is 5.43 Å². The molecule has 0 aliphatic heterocycles. The van der Waals surface area contributed by atoms with Crippen molar-refractivity contribution in [3.05, 3.63) is 84.4 Å². The van der Waals surface area contributed by atoms with E-state index in [1.165, 1.54) is 0 Å². The fourth-order valence-electron chi connectivity index (χ4n) is 3.21. The van der Waals surface area contributed by atoms with Crippen LogP contribution in [0.25, 0.3) is 21.5 Å². The van der Waals surface area contributed by atoms with E-state index < -0.39 is 0 Å². The molecular weight excluding hydrogens is 364 g/mol. The average Bonchev–Trinajstić information content (AvgIpc) is 2.77. The van der Waals surface area contributed by atoms with E-state index in [0.717, 1.165) is 32.9 Å².